The average molecular weight is 344 g/mol. The third kappa shape index (κ3) is 2.68. The molecule has 1 saturated heterocycles. The smallest absolute Gasteiger partial charge is 0.140 e. The zero-order valence-electron chi connectivity index (χ0n) is 10.3. The van der Waals surface area contributed by atoms with Crippen molar-refractivity contribution in [3.05, 3.63) is 27.6 Å². The summed E-state index contributed by atoms with van der Waals surface area (Å²) in [6, 6.07) is 3.78. The van der Waals surface area contributed by atoms with Crippen molar-refractivity contribution < 1.29 is 9.47 Å². The summed E-state index contributed by atoms with van der Waals surface area (Å²) in [5, 5.41) is 1.24. The molecule has 6 heteroatoms. The van der Waals surface area contributed by atoms with Crippen LogP contribution in [0.2, 0.25) is 5.15 Å². The van der Waals surface area contributed by atoms with Gasteiger partial charge in [-0.2, -0.15) is 0 Å². The van der Waals surface area contributed by atoms with Crippen LogP contribution in [-0.4, -0.2) is 29.3 Å². The quantitative estimate of drug-likeness (QED) is 0.783. The molecule has 1 fully saturated rings. The molecule has 0 radical (unpaired) electrons. The van der Waals surface area contributed by atoms with E-state index in [9.17, 15) is 0 Å². The molecule has 1 aromatic heterocycles. The van der Waals surface area contributed by atoms with Gasteiger partial charge in [0.05, 0.1) is 23.2 Å². The summed E-state index contributed by atoms with van der Waals surface area (Å²) in [5.41, 5.74) is 0.805. The zero-order valence-corrected chi connectivity index (χ0v) is 12.7. The first kappa shape index (κ1) is 13.1. The normalized spacial score (nSPS) is 19.0. The number of halogens is 2. The third-order valence-corrected chi connectivity index (χ3v) is 3.90. The first-order chi connectivity index (χ1) is 9.13. The lowest BCUT2D eigenvalue weighted by atomic mass is 10.2. The Morgan fingerprint density at radius 3 is 3.00 bits per heavy atom. The molecule has 0 N–H and O–H groups in total. The molecular formula is C13H12BrClN2O2. The summed E-state index contributed by atoms with van der Waals surface area (Å²) >= 11 is 9.66. The second-order valence-electron chi connectivity index (χ2n) is 4.46. The second kappa shape index (κ2) is 5.23. The standard InChI is InChI=1S/C13H12BrClN2O2/c1-7-16-11-5-10(14)12(4-9(11)13(15)17-7)19-8-2-3-18-6-8/h4-5,8H,2-3,6H2,1H3/t8-/m0/s1. The molecule has 0 saturated carbocycles. The number of fused-ring (bicyclic) bond motifs is 1. The van der Waals surface area contributed by atoms with Crippen LogP contribution in [-0.2, 0) is 4.74 Å². The predicted octanol–water partition coefficient (Wildman–Crippen LogP) is 3.52. The molecule has 0 unspecified atom stereocenters. The van der Waals surface area contributed by atoms with Crippen LogP contribution in [0, 0.1) is 6.92 Å². The van der Waals surface area contributed by atoms with E-state index >= 15 is 0 Å². The number of rotatable bonds is 2. The van der Waals surface area contributed by atoms with Crippen LogP contribution in [0.4, 0.5) is 0 Å². The minimum absolute atomic E-state index is 0.0962. The van der Waals surface area contributed by atoms with Gasteiger partial charge in [-0.25, -0.2) is 9.97 Å². The molecule has 0 spiro atoms. The summed E-state index contributed by atoms with van der Waals surface area (Å²) in [7, 11) is 0. The Bertz CT molecular complexity index is 630. The first-order valence-electron chi connectivity index (χ1n) is 6.01. The Balaban J connectivity index is 2.02. The lowest BCUT2D eigenvalue weighted by Gasteiger charge is -2.14. The van der Waals surface area contributed by atoms with Crippen LogP contribution < -0.4 is 4.74 Å². The van der Waals surface area contributed by atoms with E-state index in [1.807, 2.05) is 19.1 Å². The van der Waals surface area contributed by atoms with Gasteiger partial charge in [-0.05, 0) is 35.0 Å². The molecule has 0 amide bonds. The number of hydrogen-bond donors (Lipinski definition) is 0. The predicted molar refractivity (Wildman–Crippen MR) is 76.8 cm³/mol. The van der Waals surface area contributed by atoms with E-state index in [0.29, 0.717) is 17.6 Å². The molecule has 100 valence electrons. The van der Waals surface area contributed by atoms with Crippen LogP contribution in [0.1, 0.15) is 12.2 Å². The molecule has 0 bridgehead atoms. The van der Waals surface area contributed by atoms with Gasteiger partial charge in [-0.3, -0.25) is 0 Å². The SMILES string of the molecule is Cc1nc(Cl)c2cc(O[C@H]3CCOC3)c(Br)cc2n1. The zero-order chi connectivity index (χ0) is 13.4. The molecule has 1 aromatic carbocycles. The number of ether oxygens (including phenoxy) is 2. The van der Waals surface area contributed by atoms with E-state index in [1.165, 1.54) is 0 Å². The summed E-state index contributed by atoms with van der Waals surface area (Å²) in [6.45, 7) is 3.20. The maximum absolute atomic E-state index is 6.16. The molecule has 2 aromatic rings. The van der Waals surface area contributed by atoms with Crippen LogP contribution in [0.25, 0.3) is 10.9 Å². The highest BCUT2D eigenvalue weighted by atomic mass is 79.9. The van der Waals surface area contributed by atoms with E-state index in [4.69, 9.17) is 21.1 Å². The van der Waals surface area contributed by atoms with Gasteiger partial charge in [0, 0.05) is 11.8 Å². The molecule has 1 aliphatic rings. The van der Waals surface area contributed by atoms with Crippen molar-refractivity contribution in [3.63, 3.8) is 0 Å². The largest absolute Gasteiger partial charge is 0.487 e. The number of aromatic nitrogens is 2. The molecule has 3 rings (SSSR count). The lowest BCUT2D eigenvalue weighted by molar-refractivity contribution is 0.141. The second-order valence-corrected chi connectivity index (χ2v) is 5.68. The average Bonchev–Trinajstić information content (AvgIpc) is 2.83. The Hall–Kier alpha value is -0.910. The van der Waals surface area contributed by atoms with Gasteiger partial charge in [-0.1, -0.05) is 11.6 Å². The van der Waals surface area contributed by atoms with E-state index in [-0.39, 0.29) is 6.10 Å². The highest BCUT2D eigenvalue weighted by molar-refractivity contribution is 9.10. The molecular weight excluding hydrogens is 332 g/mol. The minimum Gasteiger partial charge on any atom is -0.487 e. The van der Waals surface area contributed by atoms with Gasteiger partial charge in [0.2, 0.25) is 0 Å². The maximum atomic E-state index is 6.16. The molecule has 0 aliphatic carbocycles. The minimum atomic E-state index is 0.0962. The summed E-state index contributed by atoms with van der Waals surface area (Å²) in [4.78, 5) is 8.53. The van der Waals surface area contributed by atoms with Crippen LogP contribution in [0.15, 0.2) is 16.6 Å². The topological polar surface area (TPSA) is 44.2 Å². The van der Waals surface area contributed by atoms with E-state index in [0.717, 1.165) is 34.2 Å². The fourth-order valence-corrected chi connectivity index (χ4v) is 2.78. The molecule has 1 aliphatic heterocycles. The molecule has 4 nitrogen and oxygen atoms in total. The van der Waals surface area contributed by atoms with Gasteiger partial charge < -0.3 is 9.47 Å². The van der Waals surface area contributed by atoms with Crippen molar-refractivity contribution in [2.24, 2.45) is 0 Å². The third-order valence-electron chi connectivity index (χ3n) is 3.00. The van der Waals surface area contributed by atoms with E-state index in [2.05, 4.69) is 25.9 Å². The summed E-state index contributed by atoms with van der Waals surface area (Å²) in [6.07, 6.45) is 1.00. The maximum Gasteiger partial charge on any atom is 0.140 e. The highest BCUT2D eigenvalue weighted by Gasteiger charge is 2.19. The lowest BCUT2D eigenvalue weighted by Crippen LogP contribution is -2.15. The Morgan fingerprint density at radius 1 is 1.42 bits per heavy atom. The van der Waals surface area contributed by atoms with E-state index < -0.39 is 0 Å². The van der Waals surface area contributed by atoms with Crippen molar-refractivity contribution in [3.8, 4) is 5.75 Å². The Kier molecular flexibility index (Phi) is 3.60. The van der Waals surface area contributed by atoms with Crippen LogP contribution >= 0.6 is 27.5 Å². The Morgan fingerprint density at radius 2 is 2.26 bits per heavy atom. The van der Waals surface area contributed by atoms with Gasteiger partial charge in [0.15, 0.2) is 0 Å². The van der Waals surface area contributed by atoms with Gasteiger partial charge in [0.25, 0.3) is 0 Å². The van der Waals surface area contributed by atoms with Gasteiger partial charge >= 0.3 is 0 Å². The van der Waals surface area contributed by atoms with Gasteiger partial charge in [-0.15, -0.1) is 0 Å². The van der Waals surface area contributed by atoms with Crippen molar-refractivity contribution in [2.45, 2.75) is 19.4 Å². The number of hydrogen-bond acceptors (Lipinski definition) is 4. The Labute approximate surface area is 124 Å². The number of aryl methyl sites for hydroxylation is 1. The van der Waals surface area contributed by atoms with Crippen molar-refractivity contribution in [1.82, 2.24) is 9.97 Å². The van der Waals surface area contributed by atoms with Crippen molar-refractivity contribution in [1.29, 1.82) is 0 Å². The molecule has 2 heterocycles. The van der Waals surface area contributed by atoms with Crippen LogP contribution in [0.5, 0.6) is 5.75 Å². The fraction of sp³-hybridized carbons (Fsp3) is 0.385. The van der Waals surface area contributed by atoms with Gasteiger partial charge in [0.1, 0.15) is 22.8 Å². The van der Waals surface area contributed by atoms with Crippen LogP contribution in [0.3, 0.4) is 0 Å². The number of benzene rings is 1. The summed E-state index contributed by atoms with van der Waals surface area (Å²) < 4.78 is 12.1. The fourth-order valence-electron chi connectivity index (χ4n) is 2.08. The first-order valence-corrected chi connectivity index (χ1v) is 7.18. The van der Waals surface area contributed by atoms with Crippen molar-refractivity contribution >= 4 is 38.4 Å². The summed E-state index contributed by atoms with van der Waals surface area (Å²) in [5.74, 6) is 1.40. The van der Waals surface area contributed by atoms with E-state index in [1.54, 1.807) is 0 Å². The highest BCUT2D eigenvalue weighted by Crippen LogP contribution is 2.33. The molecule has 19 heavy (non-hydrogen) atoms. The monoisotopic (exact) mass is 342 g/mol. The molecule has 1 atom stereocenters. The van der Waals surface area contributed by atoms with Crippen molar-refractivity contribution in [2.75, 3.05) is 13.2 Å². The number of nitrogens with zero attached hydrogens (tertiary/aromatic N) is 2.